The number of halogens is 3. The van der Waals surface area contributed by atoms with Crippen LogP contribution in [0.1, 0.15) is 6.42 Å². The highest BCUT2D eigenvalue weighted by Gasteiger charge is 2.55. The number of hydrogen-bond acceptors (Lipinski definition) is 2. The molecule has 0 saturated carbocycles. The van der Waals surface area contributed by atoms with Gasteiger partial charge in [-0.3, -0.25) is 0 Å². The van der Waals surface area contributed by atoms with Crippen molar-refractivity contribution in [1.82, 2.24) is 5.32 Å². The van der Waals surface area contributed by atoms with Crippen molar-refractivity contribution in [3.8, 4) is 0 Å². The molecule has 7 heteroatoms. The molecule has 0 radical (unpaired) electrons. The summed E-state index contributed by atoms with van der Waals surface area (Å²) in [5.41, 5.74) is 6.13. The molecule has 1 aliphatic heterocycles. The Morgan fingerprint density at radius 1 is 1.54 bits per heavy atom. The van der Waals surface area contributed by atoms with Crippen molar-refractivity contribution in [2.24, 2.45) is 10.5 Å². The maximum absolute atomic E-state index is 12.5. The third kappa shape index (κ3) is 1.87. The molecule has 74 valence electrons. The van der Waals surface area contributed by atoms with Gasteiger partial charge in [-0.05, 0) is 18.5 Å². The molecule has 4 nitrogen and oxygen atoms in total. The molecular formula is C6H9F3N4. The molecular weight excluding hydrogens is 185 g/mol. The molecule has 0 aromatic carbocycles. The third-order valence-electron chi connectivity index (χ3n) is 2.28. The summed E-state index contributed by atoms with van der Waals surface area (Å²) in [6.45, 7) is -0.351. The summed E-state index contributed by atoms with van der Waals surface area (Å²) in [7, 11) is 0. The largest absolute Gasteiger partial charge is 0.395 e. The fourth-order valence-electron chi connectivity index (χ4n) is 1.38. The van der Waals surface area contributed by atoms with Gasteiger partial charge in [0.05, 0.1) is 5.41 Å². The number of rotatable bonds is 2. The molecule has 1 fully saturated rings. The Balaban J connectivity index is 2.80. The van der Waals surface area contributed by atoms with E-state index >= 15 is 0 Å². The zero-order chi connectivity index (χ0) is 9.95. The Bertz CT molecular complexity index is 225. The van der Waals surface area contributed by atoms with Crippen LogP contribution in [0.2, 0.25) is 0 Å². The predicted molar refractivity (Wildman–Crippen MR) is 40.0 cm³/mol. The second-order valence-electron chi connectivity index (χ2n) is 3.09. The van der Waals surface area contributed by atoms with Crippen LogP contribution in [-0.2, 0) is 0 Å². The van der Waals surface area contributed by atoms with Crippen LogP contribution in [0.5, 0.6) is 0 Å². The van der Waals surface area contributed by atoms with Crippen LogP contribution in [0.4, 0.5) is 13.2 Å². The zero-order valence-electron chi connectivity index (χ0n) is 6.80. The highest BCUT2D eigenvalue weighted by molar-refractivity contribution is 4.95. The Hall–Kier alpha value is -0.940. The quantitative estimate of drug-likeness (QED) is 0.407. The molecule has 1 atom stereocenters. The van der Waals surface area contributed by atoms with Crippen LogP contribution in [0.15, 0.2) is 5.11 Å². The van der Waals surface area contributed by atoms with Gasteiger partial charge in [0.25, 0.3) is 0 Å². The lowest BCUT2D eigenvalue weighted by molar-refractivity contribution is -0.213. The molecule has 0 amide bonds. The van der Waals surface area contributed by atoms with Gasteiger partial charge in [0.1, 0.15) is 0 Å². The summed E-state index contributed by atoms with van der Waals surface area (Å²) in [6.07, 6.45) is -4.32. The molecule has 1 heterocycles. The number of hydrogen-bond donors (Lipinski definition) is 1. The van der Waals surface area contributed by atoms with E-state index in [1.54, 1.807) is 0 Å². The maximum atomic E-state index is 12.5. The lowest BCUT2D eigenvalue weighted by Crippen LogP contribution is -2.42. The van der Waals surface area contributed by atoms with Gasteiger partial charge in [0.15, 0.2) is 0 Å². The van der Waals surface area contributed by atoms with Gasteiger partial charge in [0.2, 0.25) is 0 Å². The maximum Gasteiger partial charge on any atom is 0.395 e. The van der Waals surface area contributed by atoms with Gasteiger partial charge in [-0.15, -0.1) is 0 Å². The minimum absolute atomic E-state index is 0.0183. The van der Waals surface area contributed by atoms with Crippen LogP contribution in [0.25, 0.3) is 10.4 Å². The summed E-state index contributed by atoms with van der Waals surface area (Å²) in [6, 6.07) is 0. The molecule has 1 unspecified atom stereocenters. The van der Waals surface area contributed by atoms with Crippen LogP contribution >= 0.6 is 0 Å². The topological polar surface area (TPSA) is 60.8 Å². The Morgan fingerprint density at radius 2 is 2.23 bits per heavy atom. The normalized spacial score (nSPS) is 28.5. The number of alkyl halides is 3. The monoisotopic (exact) mass is 194 g/mol. The number of azide groups is 1. The predicted octanol–water partition coefficient (Wildman–Crippen LogP) is 1.84. The molecule has 0 spiro atoms. The molecule has 0 aliphatic carbocycles. The third-order valence-corrected chi connectivity index (χ3v) is 2.28. The summed E-state index contributed by atoms with van der Waals surface area (Å²) >= 11 is 0. The first kappa shape index (κ1) is 10.1. The summed E-state index contributed by atoms with van der Waals surface area (Å²) in [5.74, 6) is 0. The van der Waals surface area contributed by atoms with Crippen molar-refractivity contribution in [2.45, 2.75) is 12.6 Å². The van der Waals surface area contributed by atoms with Crippen LogP contribution in [0.3, 0.4) is 0 Å². The van der Waals surface area contributed by atoms with Crippen molar-refractivity contribution in [3.05, 3.63) is 10.4 Å². The second-order valence-corrected chi connectivity index (χ2v) is 3.09. The van der Waals surface area contributed by atoms with E-state index in [4.69, 9.17) is 5.53 Å². The highest BCUT2D eigenvalue weighted by atomic mass is 19.4. The Morgan fingerprint density at radius 3 is 2.62 bits per heavy atom. The lowest BCUT2D eigenvalue weighted by atomic mass is 9.86. The Labute approximate surface area is 72.7 Å². The number of nitrogens with one attached hydrogen (secondary N) is 1. The first-order valence-electron chi connectivity index (χ1n) is 3.80. The van der Waals surface area contributed by atoms with Gasteiger partial charge < -0.3 is 5.32 Å². The first-order valence-corrected chi connectivity index (χ1v) is 3.80. The van der Waals surface area contributed by atoms with Gasteiger partial charge in [-0.2, -0.15) is 13.2 Å². The van der Waals surface area contributed by atoms with Crippen LogP contribution in [0, 0.1) is 5.41 Å². The van der Waals surface area contributed by atoms with Crippen molar-refractivity contribution in [3.63, 3.8) is 0 Å². The first-order chi connectivity index (χ1) is 6.02. The van der Waals surface area contributed by atoms with E-state index in [-0.39, 0.29) is 13.0 Å². The van der Waals surface area contributed by atoms with Crippen LogP contribution in [-0.4, -0.2) is 25.8 Å². The Kier molecular flexibility index (Phi) is 2.68. The van der Waals surface area contributed by atoms with E-state index in [9.17, 15) is 13.2 Å². The molecule has 0 aromatic rings. The van der Waals surface area contributed by atoms with Crippen molar-refractivity contribution < 1.29 is 13.2 Å². The molecule has 13 heavy (non-hydrogen) atoms. The van der Waals surface area contributed by atoms with E-state index in [0.29, 0.717) is 6.54 Å². The SMILES string of the molecule is [N-]=[N+]=NCC1(C(F)(F)F)CCNC1. The highest BCUT2D eigenvalue weighted by Crippen LogP contribution is 2.43. The van der Waals surface area contributed by atoms with E-state index in [0.717, 1.165) is 0 Å². The van der Waals surface area contributed by atoms with Gasteiger partial charge in [0, 0.05) is 18.0 Å². The summed E-state index contributed by atoms with van der Waals surface area (Å²) in [4.78, 5) is 2.35. The smallest absolute Gasteiger partial charge is 0.316 e. The van der Waals surface area contributed by atoms with Crippen molar-refractivity contribution in [1.29, 1.82) is 0 Å². The second kappa shape index (κ2) is 3.43. The standard InChI is InChI=1S/C6H9F3N4/c7-6(8,9)5(4-12-13-10)1-2-11-3-5/h11H,1-4H2. The van der Waals surface area contributed by atoms with Gasteiger partial charge in [-0.25, -0.2) is 0 Å². The molecule has 1 N–H and O–H groups in total. The minimum atomic E-state index is -4.30. The van der Waals surface area contributed by atoms with E-state index < -0.39 is 18.1 Å². The van der Waals surface area contributed by atoms with Crippen molar-refractivity contribution in [2.75, 3.05) is 19.6 Å². The molecule has 0 bridgehead atoms. The average molecular weight is 194 g/mol. The zero-order valence-corrected chi connectivity index (χ0v) is 6.80. The number of nitrogens with zero attached hydrogens (tertiary/aromatic N) is 3. The van der Waals surface area contributed by atoms with Gasteiger partial charge >= 0.3 is 6.18 Å². The minimum Gasteiger partial charge on any atom is -0.316 e. The van der Waals surface area contributed by atoms with E-state index in [2.05, 4.69) is 15.3 Å². The van der Waals surface area contributed by atoms with E-state index in [1.165, 1.54) is 0 Å². The summed E-state index contributed by atoms with van der Waals surface area (Å²) in [5, 5.41) is 5.64. The lowest BCUT2D eigenvalue weighted by Gasteiger charge is -2.28. The average Bonchev–Trinajstić information content (AvgIpc) is 2.48. The molecule has 0 aromatic heterocycles. The van der Waals surface area contributed by atoms with Crippen molar-refractivity contribution >= 4 is 0 Å². The summed E-state index contributed by atoms with van der Waals surface area (Å²) < 4.78 is 37.5. The van der Waals surface area contributed by atoms with Gasteiger partial charge in [-0.1, -0.05) is 5.11 Å². The molecule has 1 aliphatic rings. The fourth-order valence-corrected chi connectivity index (χ4v) is 1.38. The molecule has 1 saturated heterocycles. The fraction of sp³-hybridized carbons (Fsp3) is 1.00. The van der Waals surface area contributed by atoms with E-state index in [1.807, 2.05) is 0 Å². The van der Waals surface area contributed by atoms with Crippen LogP contribution < -0.4 is 5.32 Å². The molecule has 1 rings (SSSR count).